The van der Waals surface area contributed by atoms with Crippen molar-refractivity contribution in [2.45, 2.75) is 6.92 Å². The van der Waals surface area contributed by atoms with Crippen LogP contribution in [0.25, 0.3) is 5.69 Å². The van der Waals surface area contributed by atoms with Gasteiger partial charge in [0, 0.05) is 16.4 Å². The molecular weight excluding hydrogens is 254 g/mol. The number of aldehydes is 1. The normalized spacial score (nSPS) is 10.3. The molecule has 1 aromatic heterocycles. The van der Waals surface area contributed by atoms with Gasteiger partial charge in [0.05, 0.1) is 5.69 Å². The van der Waals surface area contributed by atoms with Gasteiger partial charge >= 0.3 is 0 Å². The molecule has 0 unspecified atom stereocenters. The molecule has 0 aliphatic rings. The lowest BCUT2D eigenvalue weighted by molar-refractivity contribution is 0.111. The van der Waals surface area contributed by atoms with Crippen LogP contribution in [0.3, 0.4) is 0 Å². The van der Waals surface area contributed by atoms with Crippen LogP contribution in [-0.2, 0) is 0 Å². The van der Waals surface area contributed by atoms with E-state index in [0.29, 0.717) is 5.69 Å². The van der Waals surface area contributed by atoms with E-state index in [9.17, 15) is 4.79 Å². The molecule has 0 saturated heterocycles. The third-order valence-corrected chi connectivity index (χ3v) is 3.26. The summed E-state index contributed by atoms with van der Waals surface area (Å²) in [6.45, 7) is 2.02. The van der Waals surface area contributed by atoms with Crippen molar-refractivity contribution < 1.29 is 4.79 Å². The van der Waals surface area contributed by atoms with Crippen molar-refractivity contribution >= 4 is 22.2 Å². The summed E-state index contributed by atoms with van der Waals surface area (Å²) in [5.74, 6) is 0. The van der Waals surface area contributed by atoms with Gasteiger partial charge < -0.3 is 4.57 Å². The van der Waals surface area contributed by atoms with Crippen LogP contribution < -0.4 is 0 Å². The number of aromatic nitrogens is 1. The van der Waals surface area contributed by atoms with E-state index in [1.807, 2.05) is 42.0 Å². The van der Waals surface area contributed by atoms with Gasteiger partial charge in [-0.15, -0.1) is 0 Å². The van der Waals surface area contributed by atoms with E-state index in [1.165, 1.54) is 0 Å². The first-order chi connectivity index (χ1) is 7.24. The highest BCUT2D eigenvalue weighted by Gasteiger charge is 2.06. The Morgan fingerprint density at radius 3 is 2.80 bits per heavy atom. The number of hydrogen-bond acceptors (Lipinski definition) is 1. The summed E-state index contributed by atoms with van der Waals surface area (Å²) in [6, 6.07) is 9.61. The third kappa shape index (κ3) is 1.75. The predicted molar refractivity (Wildman–Crippen MR) is 63.6 cm³/mol. The zero-order chi connectivity index (χ0) is 10.8. The third-order valence-electron chi connectivity index (χ3n) is 2.40. The Morgan fingerprint density at radius 2 is 2.07 bits per heavy atom. The Balaban J connectivity index is 2.64. The van der Waals surface area contributed by atoms with Gasteiger partial charge in [-0.1, -0.05) is 22.0 Å². The molecule has 0 bridgehead atoms. The van der Waals surface area contributed by atoms with Gasteiger partial charge in [0.25, 0.3) is 0 Å². The molecule has 0 atom stereocenters. The van der Waals surface area contributed by atoms with Crippen LogP contribution in [0.15, 0.2) is 41.0 Å². The molecule has 76 valence electrons. The first kappa shape index (κ1) is 10.2. The van der Waals surface area contributed by atoms with Gasteiger partial charge in [0.1, 0.15) is 0 Å². The quantitative estimate of drug-likeness (QED) is 0.762. The summed E-state index contributed by atoms with van der Waals surface area (Å²) < 4.78 is 2.93. The fourth-order valence-electron chi connectivity index (χ4n) is 1.57. The molecule has 0 amide bonds. The minimum absolute atomic E-state index is 0.663. The van der Waals surface area contributed by atoms with Gasteiger partial charge in [-0.2, -0.15) is 0 Å². The molecule has 2 nitrogen and oxygen atoms in total. The minimum atomic E-state index is 0.663. The number of halogens is 1. The maximum absolute atomic E-state index is 10.8. The van der Waals surface area contributed by atoms with Crippen LogP contribution in [0.4, 0.5) is 0 Å². The topological polar surface area (TPSA) is 22.0 Å². The second-order valence-corrected chi connectivity index (χ2v) is 4.16. The lowest BCUT2D eigenvalue weighted by Gasteiger charge is -2.10. The van der Waals surface area contributed by atoms with E-state index in [4.69, 9.17) is 0 Å². The molecule has 3 heteroatoms. The Morgan fingerprint density at radius 1 is 1.27 bits per heavy atom. The molecule has 0 fully saturated rings. The van der Waals surface area contributed by atoms with Gasteiger partial charge in [-0.25, -0.2) is 0 Å². The fourth-order valence-corrected chi connectivity index (χ4v) is 1.92. The average Bonchev–Trinajstić information content (AvgIpc) is 2.70. The van der Waals surface area contributed by atoms with Gasteiger partial charge in [0.15, 0.2) is 6.29 Å². The van der Waals surface area contributed by atoms with Crippen molar-refractivity contribution in [3.8, 4) is 5.69 Å². The Hall–Kier alpha value is -1.35. The standard InChI is InChI=1S/C12H10BrNO/c1-9-11(13)5-2-6-12(9)14-7-3-4-10(14)8-15/h2-8H,1H3. The molecule has 15 heavy (non-hydrogen) atoms. The number of rotatable bonds is 2. The molecule has 0 saturated carbocycles. The lowest BCUT2D eigenvalue weighted by Crippen LogP contribution is -1.99. The number of hydrogen-bond donors (Lipinski definition) is 0. The number of nitrogens with zero attached hydrogens (tertiary/aromatic N) is 1. The molecule has 2 aromatic rings. The molecule has 0 radical (unpaired) electrons. The van der Waals surface area contributed by atoms with E-state index >= 15 is 0 Å². The van der Waals surface area contributed by atoms with Gasteiger partial charge in [-0.3, -0.25) is 4.79 Å². The zero-order valence-corrected chi connectivity index (χ0v) is 9.86. The summed E-state index contributed by atoms with van der Waals surface area (Å²) in [5.41, 5.74) is 2.81. The largest absolute Gasteiger partial charge is 0.314 e. The minimum Gasteiger partial charge on any atom is -0.314 e. The van der Waals surface area contributed by atoms with E-state index in [2.05, 4.69) is 15.9 Å². The predicted octanol–water partition coefficient (Wildman–Crippen LogP) is 3.36. The van der Waals surface area contributed by atoms with E-state index in [-0.39, 0.29) is 0 Å². The smallest absolute Gasteiger partial charge is 0.166 e. The highest BCUT2D eigenvalue weighted by Crippen LogP contribution is 2.23. The Kier molecular flexibility index (Phi) is 2.73. The van der Waals surface area contributed by atoms with Crippen molar-refractivity contribution in [1.29, 1.82) is 0 Å². The average molecular weight is 264 g/mol. The molecule has 1 aromatic carbocycles. The zero-order valence-electron chi connectivity index (χ0n) is 8.27. The Labute approximate surface area is 96.7 Å². The fraction of sp³-hybridized carbons (Fsp3) is 0.0833. The van der Waals surface area contributed by atoms with Crippen LogP contribution in [0.2, 0.25) is 0 Å². The molecule has 0 aliphatic carbocycles. The van der Waals surface area contributed by atoms with Gasteiger partial charge in [0.2, 0.25) is 0 Å². The van der Waals surface area contributed by atoms with Crippen molar-refractivity contribution in [2.24, 2.45) is 0 Å². The van der Waals surface area contributed by atoms with Crippen molar-refractivity contribution in [3.05, 3.63) is 52.3 Å². The number of benzene rings is 1. The maximum atomic E-state index is 10.8. The van der Waals surface area contributed by atoms with Crippen LogP contribution in [0, 0.1) is 6.92 Å². The second kappa shape index (κ2) is 4.03. The molecule has 2 rings (SSSR count). The summed E-state index contributed by atoms with van der Waals surface area (Å²) in [6.07, 6.45) is 2.75. The Bertz CT molecular complexity index is 502. The number of carbonyl (C=O) groups excluding carboxylic acids is 1. The van der Waals surface area contributed by atoms with Crippen LogP contribution in [0.5, 0.6) is 0 Å². The van der Waals surface area contributed by atoms with Crippen molar-refractivity contribution in [3.63, 3.8) is 0 Å². The van der Waals surface area contributed by atoms with Crippen molar-refractivity contribution in [2.75, 3.05) is 0 Å². The van der Waals surface area contributed by atoms with Crippen LogP contribution in [-0.4, -0.2) is 10.9 Å². The van der Waals surface area contributed by atoms with E-state index in [1.54, 1.807) is 6.07 Å². The SMILES string of the molecule is Cc1c(Br)cccc1-n1cccc1C=O. The van der Waals surface area contributed by atoms with E-state index in [0.717, 1.165) is 22.0 Å². The molecule has 0 aliphatic heterocycles. The van der Waals surface area contributed by atoms with E-state index < -0.39 is 0 Å². The first-order valence-corrected chi connectivity index (χ1v) is 5.41. The summed E-state index contributed by atoms with van der Waals surface area (Å²) in [4.78, 5) is 10.8. The lowest BCUT2D eigenvalue weighted by atomic mass is 10.2. The van der Waals surface area contributed by atoms with Crippen LogP contribution >= 0.6 is 15.9 Å². The highest BCUT2D eigenvalue weighted by molar-refractivity contribution is 9.10. The maximum Gasteiger partial charge on any atom is 0.166 e. The monoisotopic (exact) mass is 263 g/mol. The summed E-state index contributed by atoms with van der Waals surface area (Å²) >= 11 is 3.48. The number of carbonyl (C=O) groups is 1. The molecule has 0 spiro atoms. The second-order valence-electron chi connectivity index (χ2n) is 3.30. The molecule has 1 heterocycles. The summed E-state index contributed by atoms with van der Waals surface area (Å²) in [7, 11) is 0. The van der Waals surface area contributed by atoms with Crippen LogP contribution in [0.1, 0.15) is 16.1 Å². The summed E-state index contributed by atoms with van der Waals surface area (Å²) in [5, 5.41) is 0. The highest BCUT2D eigenvalue weighted by atomic mass is 79.9. The molecule has 0 N–H and O–H groups in total. The molecular formula is C12H10BrNO. The van der Waals surface area contributed by atoms with Gasteiger partial charge in [-0.05, 0) is 36.8 Å². The first-order valence-electron chi connectivity index (χ1n) is 4.62. The van der Waals surface area contributed by atoms with Crippen molar-refractivity contribution in [1.82, 2.24) is 4.57 Å².